The van der Waals surface area contributed by atoms with Crippen molar-refractivity contribution in [3.63, 3.8) is 0 Å². The van der Waals surface area contributed by atoms with Crippen molar-refractivity contribution >= 4 is 23.2 Å². The van der Waals surface area contributed by atoms with E-state index in [9.17, 15) is 9.59 Å². The standard InChI is InChI=1S/C15H22N2O2S/c1-3-11-4-5-12(20-11)9-17-14(18)6-7-16-15(19)13-8-10(13)2/h4-5,10,13H,3,6-9H2,1-2H3,(H,16,19)(H,17,18). The van der Waals surface area contributed by atoms with E-state index in [4.69, 9.17) is 0 Å². The van der Waals surface area contributed by atoms with Gasteiger partial charge in [-0.25, -0.2) is 0 Å². The van der Waals surface area contributed by atoms with Gasteiger partial charge in [-0.2, -0.15) is 0 Å². The third-order valence-corrected chi connectivity index (χ3v) is 4.85. The quantitative estimate of drug-likeness (QED) is 0.809. The molecule has 0 bridgehead atoms. The second-order valence-electron chi connectivity index (χ2n) is 5.36. The molecule has 110 valence electrons. The molecule has 2 unspecified atom stereocenters. The SMILES string of the molecule is CCc1ccc(CNC(=O)CCNC(=O)C2CC2C)s1. The van der Waals surface area contributed by atoms with Crippen LogP contribution in [0.3, 0.4) is 0 Å². The molecule has 1 heterocycles. The Bertz CT molecular complexity index is 484. The predicted octanol–water partition coefficient (Wildman–Crippen LogP) is 2.09. The van der Waals surface area contributed by atoms with E-state index in [-0.39, 0.29) is 17.7 Å². The minimum Gasteiger partial charge on any atom is -0.355 e. The minimum atomic E-state index is -0.0133. The molecule has 0 radical (unpaired) electrons. The zero-order valence-corrected chi connectivity index (χ0v) is 12.9. The van der Waals surface area contributed by atoms with Gasteiger partial charge in [0.1, 0.15) is 0 Å². The van der Waals surface area contributed by atoms with E-state index in [1.807, 2.05) is 0 Å². The van der Waals surface area contributed by atoms with Crippen molar-refractivity contribution in [3.05, 3.63) is 21.9 Å². The van der Waals surface area contributed by atoms with Gasteiger partial charge in [-0.1, -0.05) is 13.8 Å². The van der Waals surface area contributed by atoms with E-state index in [0.717, 1.165) is 12.8 Å². The summed E-state index contributed by atoms with van der Waals surface area (Å²) in [6.45, 7) is 5.20. The Labute approximate surface area is 124 Å². The average Bonchev–Trinajstić information content (AvgIpc) is 3.00. The lowest BCUT2D eigenvalue weighted by molar-refractivity contribution is -0.123. The van der Waals surface area contributed by atoms with Crippen molar-refractivity contribution in [1.82, 2.24) is 10.6 Å². The van der Waals surface area contributed by atoms with E-state index in [2.05, 4.69) is 36.6 Å². The number of rotatable bonds is 7. The van der Waals surface area contributed by atoms with Gasteiger partial charge in [0.25, 0.3) is 0 Å². The first-order chi connectivity index (χ1) is 9.60. The van der Waals surface area contributed by atoms with Crippen molar-refractivity contribution in [2.45, 2.75) is 39.7 Å². The van der Waals surface area contributed by atoms with E-state index in [1.54, 1.807) is 11.3 Å². The summed E-state index contributed by atoms with van der Waals surface area (Å²) in [5.74, 6) is 0.767. The van der Waals surface area contributed by atoms with Crippen molar-refractivity contribution in [2.24, 2.45) is 11.8 Å². The molecule has 2 rings (SSSR count). The Morgan fingerprint density at radius 2 is 2.00 bits per heavy atom. The van der Waals surface area contributed by atoms with E-state index >= 15 is 0 Å². The molecular formula is C15H22N2O2S. The van der Waals surface area contributed by atoms with Gasteiger partial charge in [0, 0.05) is 28.6 Å². The summed E-state index contributed by atoms with van der Waals surface area (Å²) in [4.78, 5) is 25.7. The Morgan fingerprint density at radius 3 is 2.60 bits per heavy atom. The summed E-state index contributed by atoms with van der Waals surface area (Å²) >= 11 is 1.73. The first kappa shape index (κ1) is 15.0. The maximum atomic E-state index is 11.7. The van der Waals surface area contributed by atoms with Crippen LogP contribution in [0.25, 0.3) is 0 Å². The molecule has 1 aromatic heterocycles. The summed E-state index contributed by atoms with van der Waals surface area (Å²) in [6, 6.07) is 4.16. The lowest BCUT2D eigenvalue weighted by Crippen LogP contribution is -2.31. The molecule has 2 amide bonds. The average molecular weight is 294 g/mol. The molecule has 1 aromatic rings. The van der Waals surface area contributed by atoms with Crippen molar-refractivity contribution < 1.29 is 9.59 Å². The largest absolute Gasteiger partial charge is 0.355 e. The second-order valence-corrected chi connectivity index (χ2v) is 6.61. The minimum absolute atomic E-state index is 0.0133. The highest BCUT2D eigenvalue weighted by atomic mass is 32.1. The summed E-state index contributed by atoms with van der Waals surface area (Å²) in [6.07, 6.45) is 2.36. The third kappa shape index (κ3) is 4.34. The van der Waals surface area contributed by atoms with Crippen LogP contribution in [-0.4, -0.2) is 18.4 Å². The third-order valence-electron chi connectivity index (χ3n) is 3.62. The maximum Gasteiger partial charge on any atom is 0.223 e. The number of aryl methyl sites for hydroxylation is 1. The van der Waals surface area contributed by atoms with Gasteiger partial charge < -0.3 is 10.6 Å². The number of amides is 2. The van der Waals surface area contributed by atoms with Crippen LogP contribution in [-0.2, 0) is 22.6 Å². The smallest absolute Gasteiger partial charge is 0.223 e. The van der Waals surface area contributed by atoms with Gasteiger partial charge in [0.05, 0.1) is 6.54 Å². The monoisotopic (exact) mass is 294 g/mol. The van der Waals surface area contributed by atoms with Crippen LogP contribution in [0.15, 0.2) is 12.1 Å². The number of carbonyl (C=O) groups is 2. The van der Waals surface area contributed by atoms with Crippen LogP contribution in [0.4, 0.5) is 0 Å². The van der Waals surface area contributed by atoms with Gasteiger partial charge in [0.2, 0.25) is 11.8 Å². The number of hydrogen-bond donors (Lipinski definition) is 2. The molecule has 4 nitrogen and oxygen atoms in total. The molecule has 2 N–H and O–H groups in total. The molecule has 0 aromatic carbocycles. The van der Waals surface area contributed by atoms with E-state index in [1.165, 1.54) is 9.75 Å². The Balaban J connectivity index is 1.59. The Kier molecular flexibility index (Phi) is 5.17. The van der Waals surface area contributed by atoms with Crippen LogP contribution in [0, 0.1) is 11.8 Å². The molecule has 5 heteroatoms. The van der Waals surface area contributed by atoms with Gasteiger partial charge in [0.15, 0.2) is 0 Å². The van der Waals surface area contributed by atoms with Crippen LogP contribution < -0.4 is 10.6 Å². The fourth-order valence-electron chi connectivity index (χ4n) is 2.10. The fraction of sp³-hybridized carbons (Fsp3) is 0.600. The predicted molar refractivity (Wildman–Crippen MR) is 80.4 cm³/mol. The second kappa shape index (κ2) is 6.88. The van der Waals surface area contributed by atoms with Gasteiger partial charge in [-0.15, -0.1) is 11.3 Å². The lowest BCUT2D eigenvalue weighted by atomic mass is 10.3. The van der Waals surface area contributed by atoms with Crippen LogP contribution in [0.1, 0.15) is 36.4 Å². The lowest BCUT2D eigenvalue weighted by Gasteiger charge is -2.05. The molecular weight excluding hydrogens is 272 g/mol. The fourth-order valence-corrected chi connectivity index (χ4v) is 3.00. The maximum absolute atomic E-state index is 11.7. The highest BCUT2D eigenvalue weighted by Gasteiger charge is 2.38. The Hall–Kier alpha value is -1.36. The summed E-state index contributed by atoms with van der Waals surface area (Å²) in [5.41, 5.74) is 0. The van der Waals surface area contributed by atoms with Crippen LogP contribution in [0.2, 0.25) is 0 Å². The number of thiophene rings is 1. The van der Waals surface area contributed by atoms with Gasteiger partial charge in [-0.3, -0.25) is 9.59 Å². The first-order valence-electron chi connectivity index (χ1n) is 7.22. The number of nitrogens with one attached hydrogen (secondary N) is 2. The topological polar surface area (TPSA) is 58.2 Å². The number of carbonyl (C=O) groups excluding carboxylic acids is 2. The molecule has 0 aliphatic heterocycles. The number of hydrogen-bond acceptors (Lipinski definition) is 3. The van der Waals surface area contributed by atoms with Crippen molar-refractivity contribution in [1.29, 1.82) is 0 Å². The zero-order valence-electron chi connectivity index (χ0n) is 12.1. The van der Waals surface area contributed by atoms with E-state index in [0.29, 0.717) is 25.4 Å². The zero-order chi connectivity index (χ0) is 14.5. The molecule has 20 heavy (non-hydrogen) atoms. The van der Waals surface area contributed by atoms with Crippen molar-refractivity contribution in [2.75, 3.05) is 6.54 Å². The summed E-state index contributed by atoms with van der Waals surface area (Å²) in [7, 11) is 0. The molecule has 0 saturated heterocycles. The van der Waals surface area contributed by atoms with E-state index < -0.39 is 0 Å². The molecule has 1 aliphatic carbocycles. The highest BCUT2D eigenvalue weighted by Crippen LogP contribution is 2.37. The van der Waals surface area contributed by atoms with Crippen LogP contribution in [0.5, 0.6) is 0 Å². The highest BCUT2D eigenvalue weighted by molar-refractivity contribution is 7.11. The summed E-state index contributed by atoms with van der Waals surface area (Å²) < 4.78 is 0. The molecule has 1 aliphatic rings. The van der Waals surface area contributed by atoms with Crippen molar-refractivity contribution in [3.8, 4) is 0 Å². The molecule has 1 saturated carbocycles. The Morgan fingerprint density at radius 1 is 1.30 bits per heavy atom. The first-order valence-corrected chi connectivity index (χ1v) is 8.03. The summed E-state index contributed by atoms with van der Waals surface area (Å²) in [5, 5.41) is 5.70. The van der Waals surface area contributed by atoms with Gasteiger partial charge >= 0.3 is 0 Å². The normalized spacial score (nSPS) is 20.5. The molecule has 0 spiro atoms. The molecule has 1 fully saturated rings. The molecule has 2 atom stereocenters. The van der Waals surface area contributed by atoms with Gasteiger partial charge in [-0.05, 0) is 30.9 Å². The van der Waals surface area contributed by atoms with Crippen LogP contribution >= 0.6 is 11.3 Å².